The Morgan fingerprint density at radius 1 is 0.667 bits per heavy atom. The molecule has 0 bridgehead atoms. The number of furan rings is 2. The van der Waals surface area contributed by atoms with Crippen molar-refractivity contribution in [1.29, 1.82) is 0 Å². The molecule has 0 fully saturated rings. The number of likely N-dealkylation sites (N-methyl/N-ethyl adjacent to an activating group) is 2. The molecule has 0 saturated heterocycles. The number of benzene rings is 2. The van der Waals surface area contributed by atoms with E-state index in [9.17, 15) is 4.79 Å². The molecule has 0 aliphatic heterocycles. The third kappa shape index (κ3) is 6.09. The molecule has 7 heteroatoms. The van der Waals surface area contributed by atoms with Gasteiger partial charge in [0.05, 0.1) is 0 Å². The Hall–Kier alpha value is -3.29. The van der Waals surface area contributed by atoms with Gasteiger partial charge in [0.2, 0.25) is 0 Å². The first-order chi connectivity index (χ1) is 17.5. The fourth-order valence-electron chi connectivity index (χ4n) is 4.21. The van der Waals surface area contributed by atoms with Crippen LogP contribution < -0.4 is 9.47 Å². The maximum absolute atomic E-state index is 13.1. The van der Waals surface area contributed by atoms with Crippen molar-refractivity contribution in [2.45, 2.75) is 27.7 Å². The van der Waals surface area contributed by atoms with Gasteiger partial charge >= 0.3 is 0 Å². The van der Waals surface area contributed by atoms with E-state index >= 15 is 0 Å². The lowest BCUT2D eigenvalue weighted by molar-refractivity contribution is 0.0987. The van der Waals surface area contributed by atoms with Crippen LogP contribution >= 0.6 is 0 Å². The summed E-state index contributed by atoms with van der Waals surface area (Å²) >= 11 is 0. The molecule has 0 saturated carbocycles. The highest BCUT2D eigenvalue weighted by Gasteiger charge is 2.19. The number of nitrogens with zero attached hydrogens (tertiary/aromatic N) is 2. The van der Waals surface area contributed by atoms with E-state index in [4.69, 9.17) is 18.3 Å². The number of rotatable bonds is 14. The molecular formula is C29H36N2O5. The summed E-state index contributed by atoms with van der Waals surface area (Å²) in [7, 11) is 0. The van der Waals surface area contributed by atoms with Gasteiger partial charge in [0.15, 0.2) is 11.5 Å². The maximum atomic E-state index is 13.1. The highest BCUT2D eigenvalue weighted by atomic mass is 16.5. The highest BCUT2D eigenvalue weighted by Crippen LogP contribution is 2.29. The molecule has 36 heavy (non-hydrogen) atoms. The SMILES string of the molecule is CCN(CC)CCOc1ccc2cc(C(=O)c3cc4ccc(OCCN(CC)CC)cc4o3)oc2c1. The number of carbonyl (C=O) groups is 1. The van der Waals surface area contributed by atoms with Crippen LogP contribution in [0.3, 0.4) is 0 Å². The van der Waals surface area contributed by atoms with E-state index < -0.39 is 0 Å². The van der Waals surface area contributed by atoms with Gasteiger partial charge in [-0.2, -0.15) is 0 Å². The van der Waals surface area contributed by atoms with E-state index in [-0.39, 0.29) is 17.3 Å². The quantitative estimate of drug-likeness (QED) is 0.205. The van der Waals surface area contributed by atoms with Gasteiger partial charge < -0.3 is 28.1 Å². The van der Waals surface area contributed by atoms with Crippen LogP contribution in [0.4, 0.5) is 0 Å². The largest absolute Gasteiger partial charge is 0.492 e. The first-order valence-electron chi connectivity index (χ1n) is 12.9. The fraction of sp³-hybridized carbons (Fsp3) is 0.414. The van der Waals surface area contributed by atoms with Gasteiger partial charge in [-0.25, -0.2) is 0 Å². The predicted molar refractivity (Wildman–Crippen MR) is 142 cm³/mol. The van der Waals surface area contributed by atoms with Crippen LogP contribution in [0.5, 0.6) is 11.5 Å². The summed E-state index contributed by atoms with van der Waals surface area (Å²) in [4.78, 5) is 17.7. The second kappa shape index (κ2) is 12.1. The van der Waals surface area contributed by atoms with Crippen LogP contribution in [0.2, 0.25) is 0 Å². The van der Waals surface area contributed by atoms with Crippen molar-refractivity contribution >= 4 is 27.7 Å². The van der Waals surface area contributed by atoms with Gasteiger partial charge in [-0.05, 0) is 62.6 Å². The van der Waals surface area contributed by atoms with Crippen LogP contribution in [-0.2, 0) is 0 Å². The zero-order valence-corrected chi connectivity index (χ0v) is 21.7. The summed E-state index contributed by atoms with van der Waals surface area (Å²) in [6.07, 6.45) is 0. The number of ketones is 1. The Morgan fingerprint density at radius 2 is 1.08 bits per heavy atom. The summed E-state index contributed by atoms with van der Waals surface area (Å²) in [5.74, 6) is 1.62. The lowest BCUT2D eigenvalue weighted by Gasteiger charge is -2.17. The van der Waals surface area contributed by atoms with E-state index in [1.165, 1.54) is 0 Å². The summed E-state index contributed by atoms with van der Waals surface area (Å²) in [6, 6.07) is 14.8. The molecule has 0 atom stereocenters. The Morgan fingerprint density at radius 3 is 1.47 bits per heavy atom. The van der Waals surface area contributed by atoms with Gasteiger partial charge in [-0.3, -0.25) is 4.79 Å². The summed E-state index contributed by atoms with van der Waals surface area (Å²) in [5, 5.41) is 1.68. The predicted octanol–water partition coefficient (Wildman–Crippen LogP) is 5.85. The average Bonchev–Trinajstić information content (AvgIpc) is 3.52. The van der Waals surface area contributed by atoms with Crippen molar-refractivity contribution in [3.8, 4) is 11.5 Å². The number of hydrogen-bond donors (Lipinski definition) is 0. The summed E-state index contributed by atoms with van der Waals surface area (Å²) < 4.78 is 23.5. The van der Waals surface area contributed by atoms with Crippen LogP contribution in [0.15, 0.2) is 57.4 Å². The monoisotopic (exact) mass is 492 g/mol. The van der Waals surface area contributed by atoms with E-state index in [1.807, 2.05) is 36.4 Å². The minimum absolute atomic E-state index is 0.236. The lowest BCUT2D eigenvalue weighted by Crippen LogP contribution is -2.27. The van der Waals surface area contributed by atoms with Crippen molar-refractivity contribution in [2.24, 2.45) is 0 Å². The topological polar surface area (TPSA) is 68.3 Å². The molecule has 0 aliphatic rings. The summed E-state index contributed by atoms with van der Waals surface area (Å²) in [5.41, 5.74) is 1.22. The maximum Gasteiger partial charge on any atom is 0.263 e. The molecule has 4 aromatic rings. The minimum atomic E-state index is -0.296. The molecule has 2 aromatic carbocycles. The van der Waals surface area contributed by atoms with Crippen LogP contribution in [0, 0.1) is 0 Å². The second-order valence-corrected chi connectivity index (χ2v) is 8.70. The Bertz CT molecular complexity index is 1190. The number of fused-ring (bicyclic) bond motifs is 2. The van der Waals surface area contributed by atoms with Crippen molar-refractivity contribution in [1.82, 2.24) is 9.80 Å². The van der Waals surface area contributed by atoms with Crippen molar-refractivity contribution in [3.05, 3.63) is 60.1 Å². The lowest BCUT2D eigenvalue weighted by atomic mass is 10.2. The molecule has 0 radical (unpaired) electrons. The van der Waals surface area contributed by atoms with Crippen LogP contribution in [-0.4, -0.2) is 68.1 Å². The Kier molecular flexibility index (Phi) is 8.67. The van der Waals surface area contributed by atoms with Gasteiger partial charge in [0.1, 0.15) is 35.9 Å². The first-order valence-corrected chi connectivity index (χ1v) is 12.9. The van der Waals surface area contributed by atoms with Crippen LogP contribution in [0.25, 0.3) is 21.9 Å². The van der Waals surface area contributed by atoms with E-state index in [1.54, 1.807) is 12.1 Å². The number of hydrogen-bond acceptors (Lipinski definition) is 7. The molecule has 0 amide bonds. The smallest absolute Gasteiger partial charge is 0.263 e. The molecule has 7 nitrogen and oxygen atoms in total. The second-order valence-electron chi connectivity index (χ2n) is 8.70. The average molecular weight is 493 g/mol. The van der Waals surface area contributed by atoms with Gasteiger partial charge in [0, 0.05) is 36.0 Å². The van der Waals surface area contributed by atoms with Gasteiger partial charge in [-0.15, -0.1) is 0 Å². The normalized spacial score (nSPS) is 11.7. The molecule has 2 aromatic heterocycles. The van der Waals surface area contributed by atoms with Gasteiger partial charge in [-0.1, -0.05) is 27.7 Å². The standard InChI is InChI=1S/C29H36N2O5/c1-5-30(6-2)13-15-33-23-11-9-21-17-27(35-25(21)19-23)29(32)28-18-22-10-12-24(20-26(22)36-28)34-16-14-31(7-3)8-4/h9-12,17-20H,5-8,13-16H2,1-4H3. The molecule has 0 N–H and O–H groups in total. The first kappa shape index (κ1) is 25.8. The fourth-order valence-corrected chi connectivity index (χ4v) is 4.21. The number of ether oxygens (including phenoxy) is 2. The molecular weight excluding hydrogens is 456 g/mol. The molecule has 0 spiro atoms. The van der Waals surface area contributed by atoms with E-state index in [2.05, 4.69) is 37.5 Å². The van der Waals surface area contributed by atoms with Crippen LogP contribution in [0.1, 0.15) is 44.0 Å². The molecule has 4 rings (SSSR count). The van der Waals surface area contributed by atoms with E-state index in [0.717, 1.165) is 61.5 Å². The number of carbonyl (C=O) groups excluding carboxylic acids is 1. The third-order valence-electron chi connectivity index (χ3n) is 6.57. The van der Waals surface area contributed by atoms with Gasteiger partial charge in [0.25, 0.3) is 5.78 Å². The summed E-state index contributed by atoms with van der Waals surface area (Å²) in [6.45, 7) is 15.5. The molecule has 2 heterocycles. The van der Waals surface area contributed by atoms with Crippen molar-refractivity contribution < 1.29 is 23.1 Å². The highest BCUT2D eigenvalue weighted by molar-refractivity contribution is 6.09. The van der Waals surface area contributed by atoms with E-state index in [0.29, 0.717) is 24.4 Å². The molecule has 0 unspecified atom stereocenters. The Labute approximate surface area is 212 Å². The van der Waals surface area contributed by atoms with Crippen molar-refractivity contribution in [3.63, 3.8) is 0 Å². The molecule has 192 valence electrons. The zero-order valence-electron chi connectivity index (χ0n) is 21.7. The Balaban J connectivity index is 1.43. The molecule has 0 aliphatic carbocycles. The third-order valence-corrected chi connectivity index (χ3v) is 6.57. The van der Waals surface area contributed by atoms with Crippen molar-refractivity contribution in [2.75, 3.05) is 52.5 Å². The zero-order chi connectivity index (χ0) is 25.5. The minimum Gasteiger partial charge on any atom is -0.492 e.